The molecule has 0 aliphatic carbocycles. The number of piperazine rings is 1. The fourth-order valence-corrected chi connectivity index (χ4v) is 4.23. The number of carbonyl (C=O) groups is 2. The van der Waals surface area contributed by atoms with Gasteiger partial charge in [0.1, 0.15) is 0 Å². The molecule has 25 heavy (non-hydrogen) atoms. The number of hydrogen-bond donors (Lipinski definition) is 1. The lowest BCUT2D eigenvalue weighted by molar-refractivity contribution is -0.140. The van der Waals surface area contributed by atoms with Gasteiger partial charge >= 0.3 is 0 Å². The van der Waals surface area contributed by atoms with Crippen LogP contribution in [-0.4, -0.2) is 65.5 Å². The molecule has 1 N–H and O–H groups in total. The third-order valence-electron chi connectivity index (χ3n) is 5.02. The highest BCUT2D eigenvalue weighted by Gasteiger charge is 2.30. The quantitative estimate of drug-likeness (QED) is 0.864. The zero-order valence-electron chi connectivity index (χ0n) is 14.9. The molecule has 1 atom stereocenters. The molecule has 0 saturated carbocycles. The standard InChI is InChI=1S/C19H27N3O2S/c1-2-15-3-5-16(6-4-15)7-8-18(23)21-9-11-22(12-10-21)19(24)17-13-25-14-20-17/h3-6,17,20H,2,7-14H2,1H3. The molecule has 5 nitrogen and oxygen atoms in total. The molecule has 2 aliphatic heterocycles. The van der Waals surface area contributed by atoms with Gasteiger partial charge in [-0.3, -0.25) is 14.9 Å². The zero-order valence-corrected chi connectivity index (χ0v) is 15.7. The number of benzene rings is 1. The molecule has 2 heterocycles. The van der Waals surface area contributed by atoms with Gasteiger partial charge < -0.3 is 9.80 Å². The number of aryl methyl sites for hydroxylation is 2. The highest BCUT2D eigenvalue weighted by molar-refractivity contribution is 7.99. The summed E-state index contributed by atoms with van der Waals surface area (Å²) in [6.45, 7) is 4.75. The van der Waals surface area contributed by atoms with Gasteiger partial charge in [-0.15, -0.1) is 11.8 Å². The summed E-state index contributed by atoms with van der Waals surface area (Å²) in [6, 6.07) is 8.47. The van der Waals surface area contributed by atoms with E-state index in [0.29, 0.717) is 32.6 Å². The van der Waals surface area contributed by atoms with Crippen molar-refractivity contribution in [2.45, 2.75) is 32.2 Å². The van der Waals surface area contributed by atoms with Gasteiger partial charge in [-0.25, -0.2) is 0 Å². The molecule has 3 rings (SSSR count). The number of nitrogens with one attached hydrogen (secondary N) is 1. The number of nitrogens with zero attached hydrogens (tertiary/aromatic N) is 2. The second-order valence-electron chi connectivity index (χ2n) is 6.65. The minimum absolute atomic E-state index is 0.0432. The van der Waals surface area contributed by atoms with E-state index < -0.39 is 0 Å². The Kier molecular flexibility index (Phi) is 6.37. The van der Waals surface area contributed by atoms with E-state index in [1.54, 1.807) is 11.8 Å². The maximum Gasteiger partial charge on any atom is 0.240 e. The fourth-order valence-electron chi connectivity index (χ4n) is 3.30. The van der Waals surface area contributed by atoms with E-state index in [-0.39, 0.29) is 17.9 Å². The Labute approximate surface area is 154 Å². The molecule has 2 amide bonds. The first-order chi connectivity index (χ1) is 12.2. The van der Waals surface area contributed by atoms with Crippen molar-refractivity contribution in [2.24, 2.45) is 0 Å². The van der Waals surface area contributed by atoms with Crippen molar-refractivity contribution in [3.05, 3.63) is 35.4 Å². The zero-order chi connectivity index (χ0) is 17.6. The monoisotopic (exact) mass is 361 g/mol. The molecule has 136 valence electrons. The average molecular weight is 362 g/mol. The lowest BCUT2D eigenvalue weighted by Gasteiger charge is -2.36. The summed E-state index contributed by atoms with van der Waals surface area (Å²) in [7, 11) is 0. The van der Waals surface area contributed by atoms with Crippen molar-refractivity contribution < 1.29 is 9.59 Å². The van der Waals surface area contributed by atoms with Gasteiger partial charge in [-0.05, 0) is 24.0 Å². The third kappa shape index (κ3) is 4.76. The molecular weight excluding hydrogens is 334 g/mol. The summed E-state index contributed by atoms with van der Waals surface area (Å²) in [5.41, 5.74) is 2.54. The van der Waals surface area contributed by atoms with Crippen LogP contribution in [0.2, 0.25) is 0 Å². The Morgan fingerprint density at radius 1 is 1.08 bits per heavy atom. The van der Waals surface area contributed by atoms with Crippen LogP contribution >= 0.6 is 11.8 Å². The first kappa shape index (κ1) is 18.3. The molecule has 0 aromatic heterocycles. The van der Waals surface area contributed by atoms with Gasteiger partial charge in [0.2, 0.25) is 11.8 Å². The van der Waals surface area contributed by atoms with E-state index in [1.807, 2.05) is 9.80 Å². The summed E-state index contributed by atoms with van der Waals surface area (Å²) >= 11 is 1.76. The minimum Gasteiger partial charge on any atom is -0.339 e. The molecule has 1 aromatic rings. The molecule has 0 radical (unpaired) electrons. The van der Waals surface area contributed by atoms with Crippen LogP contribution in [0.25, 0.3) is 0 Å². The summed E-state index contributed by atoms with van der Waals surface area (Å²) in [6.07, 6.45) is 2.36. The van der Waals surface area contributed by atoms with Crippen molar-refractivity contribution in [3.8, 4) is 0 Å². The molecule has 2 aliphatic rings. The highest BCUT2D eigenvalue weighted by Crippen LogP contribution is 2.14. The summed E-state index contributed by atoms with van der Waals surface area (Å²) in [5.74, 6) is 2.09. The Morgan fingerprint density at radius 2 is 1.72 bits per heavy atom. The van der Waals surface area contributed by atoms with Crippen molar-refractivity contribution in [2.75, 3.05) is 37.8 Å². The van der Waals surface area contributed by atoms with Crippen LogP contribution in [0.15, 0.2) is 24.3 Å². The molecular formula is C19H27N3O2S. The van der Waals surface area contributed by atoms with Crippen LogP contribution in [0.5, 0.6) is 0 Å². The largest absolute Gasteiger partial charge is 0.339 e. The molecule has 1 aromatic carbocycles. The van der Waals surface area contributed by atoms with Crippen molar-refractivity contribution in [1.29, 1.82) is 0 Å². The van der Waals surface area contributed by atoms with E-state index >= 15 is 0 Å². The van der Waals surface area contributed by atoms with Gasteiger partial charge in [-0.1, -0.05) is 31.2 Å². The van der Waals surface area contributed by atoms with Gasteiger partial charge in [0.05, 0.1) is 6.04 Å². The van der Waals surface area contributed by atoms with Crippen molar-refractivity contribution >= 4 is 23.6 Å². The van der Waals surface area contributed by atoms with E-state index in [4.69, 9.17) is 0 Å². The number of hydrogen-bond acceptors (Lipinski definition) is 4. The Morgan fingerprint density at radius 3 is 2.32 bits per heavy atom. The first-order valence-electron chi connectivity index (χ1n) is 9.13. The predicted octanol–water partition coefficient (Wildman–Crippen LogP) is 1.51. The van der Waals surface area contributed by atoms with Crippen LogP contribution in [0, 0.1) is 0 Å². The Hall–Kier alpha value is -1.53. The summed E-state index contributed by atoms with van der Waals surface area (Å²) < 4.78 is 0. The highest BCUT2D eigenvalue weighted by atomic mass is 32.2. The Balaban J connectivity index is 1.42. The third-order valence-corrected chi connectivity index (χ3v) is 5.96. The number of rotatable bonds is 5. The van der Waals surface area contributed by atoms with Gasteiger partial charge in [0, 0.05) is 44.2 Å². The topological polar surface area (TPSA) is 52.7 Å². The molecule has 6 heteroatoms. The van der Waals surface area contributed by atoms with Crippen molar-refractivity contribution in [3.63, 3.8) is 0 Å². The van der Waals surface area contributed by atoms with E-state index in [9.17, 15) is 9.59 Å². The molecule has 0 spiro atoms. The van der Waals surface area contributed by atoms with Crippen LogP contribution in [0.1, 0.15) is 24.5 Å². The Bertz CT molecular complexity index is 591. The maximum atomic E-state index is 12.4. The van der Waals surface area contributed by atoms with Crippen molar-refractivity contribution in [1.82, 2.24) is 15.1 Å². The summed E-state index contributed by atoms with van der Waals surface area (Å²) in [4.78, 5) is 28.6. The van der Waals surface area contributed by atoms with Gasteiger partial charge in [-0.2, -0.15) is 0 Å². The second kappa shape index (κ2) is 8.72. The summed E-state index contributed by atoms with van der Waals surface area (Å²) in [5, 5.41) is 3.23. The van der Waals surface area contributed by atoms with Gasteiger partial charge in [0.15, 0.2) is 0 Å². The first-order valence-corrected chi connectivity index (χ1v) is 10.3. The second-order valence-corrected chi connectivity index (χ2v) is 7.68. The molecule has 2 fully saturated rings. The molecule has 1 unspecified atom stereocenters. The lowest BCUT2D eigenvalue weighted by Crippen LogP contribution is -2.54. The van der Waals surface area contributed by atoms with Crippen LogP contribution in [0.4, 0.5) is 0 Å². The molecule has 2 saturated heterocycles. The predicted molar refractivity (Wildman–Crippen MR) is 102 cm³/mol. The van der Waals surface area contributed by atoms with E-state index in [1.165, 1.54) is 11.1 Å². The SMILES string of the molecule is CCc1ccc(CCC(=O)N2CCN(C(=O)C3CSCN3)CC2)cc1. The number of carbonyl (C=O) groups excluding carboxylic acids is 2. The average Bonchev–Trinajstić information content (AvgIpc) is 3.21. The van der Waals surface area contributed by atoms with Gasteiger partial charge in [0.25, 0.3) is 0 Å². The van der Waals surface area contributed by atoms with E-state index in [2.05, 4.69) is 36.5 Å². The van der Waals surface area contributed by atoms with Crippen LogP contribution in [-0.2, 0) is 22.4 Å². The minimum atomic E-state index is -0.0432. The molecule has 0 bridgehead atoms. The lowest BCUT2D eigenvalue weighted by atomic mass is 10.1. The van der Waals surface area contributed by atoms with E-state index in [0.717, 1.165) is 24.5 Å². The van der Waals surface area contributed by atoms with Crippen LogP contribution < -0.4 is 5.32 Å². The van der Waals surface area contributed by atoms with Crippen LogP contribution in [0.3, 0.4) is 0 Å². The maximum absolute atomic E-state index is 12.4. The smallest absolute Gasteiger partial charge is 0.240 e. The number of amides is 2. The fraction of sp³-hybridized carbons (Fsp3) is 0.579. The normalized spacial score (nSPS) is 20.8. The number of thioether (sulfide) groups is 1.